The molecule has 1 aromatic carbocycles. The van der Waals surface area contributed by atoms with Gasteiger partial charge in [0, 0.05) is 0 Å². The van der Waals surface area contributed by atoms with E-state index in [0.717, 1.165) is 0 Å². The van der Waals surface area contributed by atoms with E-state index in [2.05, 4.69) is 20.7 Å². The van der Waals surface area contributed by atoms with Gasteiger partial charge in [0.2, 0.25) is 0 Å². The molecule has 0 fully saturated rings. The first-order valence-corrected chi connectivity index (χ1v) is 14.3. The fourth-order valence-corrected chi connectivity index (χ4v) is 6.56. The van der Waals surface area contributed by atoms with Gasteiger partial charge in [0.25, 0.3) is 0 Å². The molecule has 2 aromatic heterocycles. The summed E-state index contributed by atoms with van der Waals surface area (Å²) >= 11 is 0.427. The van der Waals surface area contributed by atoms with Crippen molar-refractivity contribution < 1.29 is 22.7 Å². The second-order valence-corrected chi connectivity index (χ2v) is 13.1. The van der Waals surface area contributed by atoms with Gasteiger partial charge in [0.05, 0.1) is 0 Å². The van der Waals surface area contributed by atoms with E-state index in [1.165, 1.54) is 6.07 Å². The van der Waals surface area contributed by atoms with Crippen LogP contribution in [-0.4, -0.2) is 70.4 Å². The molecule has 4 rings (SSSR count). The molecule has 0 saturated heterocycles. The van der Waals surface area contributed by atoms with Crippen LogP contribution in [0.15, 0.2) is 35.5 Å². The van der Waals surface area contributed by atoms with Crippen LogP contribution in [0.1, 0.15) is 54.7 Å². The summed E-state index contributed by atoms with van der Waals surface area (Å²) in [4.78, 5) is 29.8. The Kier molecular flexibility index (Phi) is 6.44. The summed E-state index contributed by atoms with van der Waals surface area (Å²) in [6.45, 7) is 7.00. The van der Waals surface area contributed by atoms with Crippen LogP contribution in [0.2, 0.25) is 0 Å². The van der Waals surface area contributed by atoms with Crippen LogP contribution < -0.4 is 10.6 Å². The fraction of sp³-hybridized carbons (Fsp3) is 0.364. The van der Waals surface area contributed by atoms with Crippen LogP contribution >= 0.6 is 0 Å². The van der Waals surface area contributed by atoms with Gasteiger partial charge in [-0.15, -0.1) is 0 Å². The summed E-state index contributed by atoms with van der Waals surface area (Å²) in [5, 5.41) is 10.6. The van der Waals surface area contributed by atoms with Crippen molar-refractivity contribution in [3.8, 4) is 0 Å². The number of nitrogens with one attached hydrogen (secondary N) is 2. The molecular weight excluding hydrogens is 651 g/mol. The van der Waals surface area contributed by atoms with Crippen molar-refractivity contribution in [3.05, 3.63) is 47.3 Å². The molecule has 1 aliphatic heterocycles. The standard InChI is InChI=1S/C22H25N5O5S.Tl/c1-12-9-14-17(26-21(29)32-22(2,3)4)6-8-33(30,31)18(14)10-13(12)20(28)25-16-5-7-23-19-15(16)11-24-27-19;/h5,7,9-11,17H,6,8H2,1-4H3,(H3,23,24,25,26,27,28,29);/q;+1/p-1. The summed E-state index contributed by atoms with van der Waals surface area (Å²) < 4.78 is 32.8. The number of benzene rings is 1. The third-order valence-electron chi connectivity index (χ3n) is 5.42. The fourth-order valence-electron chi connectivity index (χ4n) is 3.88. The van der Waals surface area contributed by atoms with E-state index in [9.17, 15) is 18.0 Å². The Hall–Kier alpha value is -2.55. The minimum absolute atomic E-state index is 0.0454. The number of carbonyl (C=O) groups excluding carboxylic acids is 2. The zero-order valence-corrected chi connectivity index (χ0v) is 24.6. The number of alkyl carbamates (subject to hydrolysis) is 1. The minimum atomic E-state index is -3.61. The number of hydrogen-bond acceptors (Lipinski definition) is 7. The molecule has 2 amide bonds. The molecule has 0 aliphatic carbocycles. The average molecular weight is 675 g/mol. The number of carbonyl (C=O) groups is 2. The number of aryl methyl sites for hydroxylation is 1. The Balaban J connectivity index is 1.67. The maximum atomic E-state index is 13.2. The Labute approximate surface area is 213 Å². The van der Waals surface area contributed by atoms with Crippen LogP contribution in [0.25, 0.3) is 11.0 Å². The van der Waals surface area contributed by atoms with Gasteiger partial charge in [-0.05, 0) is 20.8 Å². The second kappa shape index (κ2) is 8.91. The van der Waals surface area contributed by atoms with E-state index in [4.69, 9.17) is 4.74 Å². The van der Waals surface area contributed by atoms with Crippen molar-refractivity contribution in [2.24, 2.45) is 0 Å². The number of pyridine rings is 1. The molecule has 1 atom stereocenters. The van der Waals surface area contributed by atoms with Crippen LogP contribution in [0.4, 0.5) is 10.5 Å². The number of anilines is 1. The number of nitrogens with zero attached hydrogens (tertiary/aromatic N) is 3. The van der Waals surface area contributed by atoms with Crippen molar-refractivity contribution in [1.82, 2.24) is 17.9 Å². The van der Waals surface area contributed by atoms with Crippen LogP contribution in [-0.2, 0) is 14.6 Å². The van der Waals surface area contributed by atoms with Gasteiger partial charge < -0.3 is 4.74 Å². The Morgan fingerprint density at radius 1 is 1.26 bits per heavy atom. The van der Waals surface area contributed by atoms with Gasteiger partial charge in [-0.25, -0.2) is 4.79 Å². The third-order valence-corrected chi connectivity index (χ3v) is 8.69. The van der Waals surface area contributed by atoms with Crippen molar-refractivity contribution in [1.29, 1.82) is 0 Å². The van der Waals surface area contributed by atoms with E-state index in [1.54, 1.807) is 54.7 Å². The van der Waals surface area contributed by atoms with Gasteiger partial charge in [0.15, 0.2) is 0 Å². The van der Waals surface area contributed by atoms with E-state index >= 15 is 0 Å². The summed E-state index contributed by atoms with van der Waals surface area (Å²) in [7, 11) is -3.61. The molecule has 34 heavy (non-hydrogen) atoms. The van der Waals surface area contributed by atoms with Crippen molar-refractivity contribution >= 4 is 64.6 Å². The van der Waals surface area contributed by atoms with E-state index in [-0.39, 0.29) is 22.6 Å². The molecule has 176 valence electrons. The maximum absolute atomic E-state index is 13.2. The van der Waals surface area contributed by atoms with Crippen molar-refractivity contribution in [2.75, 3.05) is 11.1 Å². The predicted octanol–water partition coefficient (Wildman–Crippen LogP) is 2.67. The van der Waals surface area contributed by atoms with Crippen molar-refractivity contribution in [3.63, 3.8) is 0 Å². The molecule has 2 N–H and O–H groups in total. The van der Waals surface area contributed by atoms with E-state index < -0.39 is 33.5 Å². The number of rotatable bonds is 3. The molecule has 1 aliphatic rings. The number of amides is 2. The van der Waals surface area contributed by atoms with Gasteiger partial charge >= 0.3 is 178 Å². The summed E-state index contributed by atoms with van der Waals surface area (Å²) in [6.07, 6.45) is 2.84. The number of hydrogen-bond donors (Lipinski definition) is 2. The predicted molar refractivity (Wildman–Crippen MR) is 127 cm³/mol. The van der Waals surface area contributed by atoms with E-state index in [0.29, 0.717) is 53.9 Å². The molecule has 3 heterocycles. The first-order valence-electron chi connectivity index (χ1n) is 10.6. The number of aromatic nitrogens is 3. The van der Waals surface area contributed by atoms with Crippen molar-refractivity contribution in [2.45, 2.75) is 50.7 Å². The number of sulfone groups is 1. The molecule has 10 nitrogen and oxygen atoms in total. The van der Waals surface area contributed by atoms with Gasteiger partial charge in [-0.3, -0.25) is 0 Å². The average Bonchev–Trinajstić information content (AvgIpc) is 3.10. The van der Waals surface area contributed by atoms with Crippen LogP contribution in [0.5, 0.6) is 0 Å². The van der Waals surface area contributed by atoms with Gasteiger partial charge in [0.1, 0.15) is 5.60 Å². The monoisotopic (exact) mass is 675 g/mol. The SMILES string of the molecule is Cc1cc2c(cc1C(=O)Nc1ccnc3c1cn[n]3[Tl])S(=O)(=O)CCC2NC(=O)OC(C)(C)C. The topological polar surface area (TPSA) is 132 Å². The Bertz CT molecular complexity index is 1410. The molecule has 1 unspecified atom stereocenters. The second-order valence-electron chi connectivity index (χ2n) is 9.15. The molecule has 0 bridgehead atoms. The smallest absolute Gasteiger partial charge is 0.444 e. The number of ether oxygens (including phenoxy) is 1. The minimum Gasteiger partial charge on any atom is -0.444 e. The van der Waals surface area contributed by atoms with Gasteiger partial charge in [-0.2, -0.15) is 0 Å². The first-order chi connectivity index (χ1) is 15.9. The Morgan fingerprint density at radius 3 is 2.71 bits per heavy atom. The molecule has 0 radical (unpaired) electrons. The normalized spacial score (nSPS) is 17.1. The molecule has 0 saturated carbocycles. The molecule has 12 heteroatoms. The summed E-state index contributed by atoms with van der Waals surface area (Å²) in [5.74, 6) is -0.579. The summed E-state index contributed by atoms with van der Waals surface area (Å²) in [5.41, 5.74) is 1.84. The first kappa shape index (κ1) is 24.6. The van der Waals surface area contributed by atoms with Crippen LogP contribution in [0.3, 0.4) is 0 Å². The number of fused-ring (bicyclic) bond motifs is 2. The molecular formula is C22H24N5O5STl. The third kappa shape index (κ3) is 4.94. The van der Waals surface area contributed by atoms with Crippen LogP contribution in [0, 0.1) is 6.92 Å². The molecule has 3 aromatic rings. The Morgan fingerprint density at radius 2 is 2.00 bits per heavy atom. The van der Waals surface area contributed by atoms with Gasteiger partial charge in [-0.1, -0.05) is 0 Å². The summed E-state index contributed by atoms with van der Waals surface area (Å²) in [6, 6.07) is 4.19. The zero-order chi connectivity index (χ0) is 24.8. The quantitative estimate of drug-likeness (QED) is 0.409. The van der Waals surface area contributed by atoms with E-state index in [1.807, 2.05) is 0 Å². The molecule has 0 spiro atoms. The zero-order valence-electron chi connectivity index (χ0n) is 19.2.